The van der Waals surface area contributed by atoms with Crippen LogP contribution in [0.25, 0.3) is 0 Å². The van der Waals surface area contributed by atoms with Crippen molar-refractivity contribution in [3.63, 3.8) is 0 Å². The molecule has 0 heterocycles. The summed E-state index contributed by atoms with van der Waals surface area (Å²) in [5, 5.41) is 18.6. The van der Waals surface area contributed by atoms with Gasteiger partial charge in [0.15, 0.2) is 0 Å². The first-order valence-electron chi connectivity index (χ1n) is 5.29. The zero-order valence-corrected chi connectivity index (χ0v) is 9.43. The second-order valence-corrected chi connectivity index (χ2v) is 3.99. The van der Waals surface area contributed by atoms with Crippen LogP contribution in [0, 0.1) is 0 Å². The molecule has 1 saturated carbocycles. The maximum Gasteiger partial charge on any atom is 0.496 e. The fourth-order valence-electron chi connectivity index (χ4n) is 1.87. The van der Waals surface area contributed by atoms with E-state index in [9.17, 15) is 10.0 Å². The Morgan fingerprint density at radius 1 is 1.12 bits per heavy atom. The van der Waals surface area contributed by atoms with Gasteiger partial charge < -0.3 is 19.5 Å². The van der Waals surface area contributed by atoms with Gasteiger partial charge in [0.2, 0.25) is 0 Å². The third-order valence-electron chi connectivity index (χ3n) is 2.87. The lowest BCUT2D eigenvalue weighted by molar-refractivity contribution is 0.384. The van der Waals surface area contributed by atoms with Crippen molar-refractivity contribution in [3.8, 4) is 11.5 Å². The Labute approximate surface area is 95.0 Å². The maximum absolute atomic E-state index is 9.29. The molecule has 0 bridgehead atoms. The second-order valence-electron chi connectivity index (χ2n) is 3.99. The third-order valence-corrected chi connectivity index (χ3v) is 2.87. The summed E-state index contributed by atoms with van der Waals surface area (Å²) in [5.41, 5.74) is 1.42. The summed E-state index contributed by atoms with van der Waals surface area (Å²) < 4.78 is 10.3. The van der Waals surface area contributed by atoms with Gasteiger partial charge in [-0.15, -0.1) is 0 Å². The van der Waals surface area contributed by atoms with Crippen molar-refractivity contribution in [3.05, 3.63) is 17.7 Å². The summed E-state index contributed by atoms with van der Waals surface area (Å²) in [4.78, 5) is 0. The summed E-state index contributed by atoms with van der Waals surface area (Å²) in [5.74, 6) is 1.50. The summed E-state index contributed by atoms with van der Waals surface area (Å²) >= 11 is 0. The van der Waals surface area contributed by atoms with E-state index in [1.165, 1.54) is 27.1 Å². The summed E-state index contributed by atoms with van der Waals surface area (Å²) in [6, 6.07) is 3.71. The van der Waals surface area contributed by atoms with Crippen LogP contribution in [0.3, 0.4) is 0 Å². The highest BCUT2D eigenvalue weighted by molar-refractivity contribution is 6.61. The van der Waals surface area contributed by atoms with E-state index in [2.05, 4.69) is 0 Å². The van der Waals surface area contributed by atoms with E-state index in [1.54, 1.807) is 0 Å². The topological polar surface area (TPSA) is 58.9 Å². The molecule has 0 amide bonds. The minimum atomic E-state index is -1.59. The van der Waals surface area contributed by atoms with E-state index < -0.39 is 7.12 Å². The van der Waals surface area contributed by atoms with Crippen LogP contribution in [-0.2, 0) is 0 Å². The van der Waals surface area contributed by atoms with Crippen molar-refractivity contribution in [2.45, 2.75) is 18.8 Å². The molecule has 16 heavy (non-hydrogen) atoms. The van der Waals surface area contributed by atoms with Gasteiger partial charge in [0, 0.05) is 0 Å². The molecule has 0 atom stereocenters. The molecule has 0 radical (unpaired) electrons. The zero-order valence-electron chi connectivity index (χ0n) is 9.43. The van der Waals surface area contributed by atoms with Gasteiger partial charge in [0.1, 0.15) is 11.5 Å². The lowest BCUT2D eigenvalue weighted by Gasteiger charge is -2.14. The molecular formula is C11H15BO4. The number of hydrogen-bond donors (Lipinski definition) is 2. The Bertz CT molecular complexity index is 363. The smallest absolute Gasteiger partial charge is 0.496 e. The predicted molar refractivity (Wildman–Crippen MR) is 61.3 cm³/mol. The molecule has 1 aliphatic rings. The first-order valence-corrected chi connectivity index (χ1v) is 5.29. The summed E-state index contributed by atoms with van der Waals surface area (Å²) in [6.45, 7) is 0. The Balaban J connectivity index is 2.49. The molecule has 1 fully saturated rings. The van der Waals surface area contributed by atoms with Crippen molar-refractivity contribution in [1.29, 1.82) is 0 Å². The SMILES string of the molecule is COc1cc(C2CC2)cc(OC)c1B(O)O. The maximum atomic E-state index is 9.29. The largest absolute Gasteiger partial charge is 0.497 e. The van der Waals surface area contributed by atoms with Crippen LogP contribution < -0.4 is 14.9 Å². The van der Waals surface area contributed by atoms with Crippen LogP contribution in [0.4, 0.5) is 0 Å². The minimum Gasteiger partial charge on any atom is -0.497 e. The average molecular weight is 222 g/mol. The van der Waals surface area contributed by atoms with Crippen molar-refractivity contribution in [2.24, 2.45) is 0 Å². The standard InChI is InChI=1S/C11H15BO4/c1-15-9-5-8(7-3-4-7)6-10(16-2)11(9)12(13)14/h5-7,13-14H,3-4H2,1-2H3. The van der Waals surface area contributed by atoms with E-state index in [4.69, 9.17) is 9.47 Å². The van der Waals surface area contributed by atoms with Crippen LogP contribution >= 0.6 is 0 Å². The Kier molecular flexibility index (Phi) is 3.07. The summed E-state index contributed by atoms with van der Waals surface area (Å²) in [7, 11) is 1.44. The lowest BCUT2D eigenvalue weighted by Crippen LogP contribution is -2.32. The van der Waals surface area contributed by atoms with Gasteiger partial charge in [-0.1, -0.05) is 0 Å². The molecule has 0 aromatic heterocycles. The Morgan fingerprint density at radius 3 is 1.94 bits per heavy atom. The van der Waals surface area contributed by atoms with Crippen LogP contribution in [0.15, 0.2) is 12.1 Å². The number of hydrogen-bond acceptors (Lipinski definition) is 4. The number of methoxy groups -OCH3 is 2. The van der Waals surface area contributed by atoms with E-state index >= 15 is 0 Å². The lowest BCUT2D eigenvalue weighted by atomic mass is 9.78. The van der Waals surface area contributed by atoms with E-state index in [0.29, 0.717) is 17.4 Å². The monoisotopic (exact) mass is 222 g/mol. The van der Waals surface area contributed by atoms with Crippen LogP contribution in [0.2, 0.25) is 0 Å². The number of rotatable bonds is 4. The van der Waals surface area contributed by atoms with Gasteiger partial charge >= 0.3 is 7.12 Å². The number of ether oxygens (including phenoxy) is 2. The van der Waals surface area contributed by atoms with Crippen LogP contribution in [-0.4, -0.2) is 31.4 Å². The first-order chi connectivity index (χ1) is 7.67. The zero-order chi connectivity index (χ0) is 11.7. The van der Waals surface area contributed by atoms with Gasteiger partial charge in [-0.05, 0) is 36.5 Å². The molecule has 2 rings (SSSR count). The van der Waals surface area contributed by atoms with Crippen molar-refractivity contribution < 1.29 is 19.5 Å². The molecule has 1 aromatic carbocycles. The third kappa shape index (κ3) is 2.01. The molecule has 2 N–H and O–H groups in total. The highest BCUT2D eigenvalue weighted by Gasteiger charge is 2.29. The first kappa shape index (κ1) is 11.3. The molecule has 0 aliphatic heterocycles. The second kappa shape index (κ2) is 4.35. The van der Waals surface area contributed by atoms with Crippen LogP contribution in [0.1, 0.15) is 24.3 Å². The van der Waals surface area contributed by atoms with E-state index in [-0.39, 0.29) is 5.46 Å². The average Bonchev–Trinajstić information content (AvgIpc) is 3.10. The molecule has 0 saturated heterocycles. The minimum absolute atomic E-state index is 0.286. The van der Waals surface area contributed by atoms with Crippen molar-refractivity contribution in [1.82, 2.24) is 0 Å². The molecule has 86 valence electrons. The molecule has 0 spiro atoms. The molecule has 1 aromatic rings. The van der Waals surface area contributed by atoms with Gasteiger partial charge in [-0.3, -0.25) is 0 Å². The van der Waals surface area contributed by atoms with Gasteiger partial charge in [-0.2, -0.15) is 0 Å². The molecule has 1 aliphatic carbocycles. The van der Waals surface area contributed by atoms with Gasteiger partial charge in [0.05, 0.1) is 19.7 Å². The Hall–Kier alpha value is -1.20. The van der Waals surface area contributed by atoms with Crippen LogP contribution in [0.5, 0.6) is 11.5 Å². The van der Waals surface area contributed by atoms with Gasteiger partial charge in [0.25, 0.3) is 0 Å². The highest BCUT2D eigenvalue weighted by Crippen LogP contribution is 2.42. The quantitative estimate of drug-likeness (QED) is 0.717. The molecular weight excluding hydrogens is 207 g/mol. The molecule has 4 nitrogen and oxygen atoms in total. The van der Waals surface area contributed by atoms with Crippen molar-refractivity contribution in [2.75, 3.05) is 14.2 Å². The normalized spacial score (nSPS) is 14.8. The van der Waals surface area contributed by atoms with Gasteiger partial charge in [-0.25, -0.2) is 0 Å². The number of benzene rings is 1. The summed E-state index contributed by atoms with van der Waals surface area (Å²) in [6.07, 6.45) is 2.35. The Morgan fingerprint density at radius 2 is 1.62 bits per heavy atom. The van der Waals surface area contributed by atoms with E-state index in [0.717, 1.165) is 5.56 Å². The highest BCUT2D eigenvalue weighted by atomic mass is 16.5. The molecule has 0 unspecified atom stereocenters. The van der Waals surface area contributed by atoms with E-state index in [1.807, 2.05) is 12.1 Å². The fraction of sp³-hybridized carbons (Fsp3) is 0.455. The fourth-order valence-corrected chi connectivity index (χ4v) is 1.87. The predicted octanol–water partition coefficient (Wildman–Crippen LogP) is 0.261. The molecule has 5 heteroatoms. The van der Waals surface area contributed by atoms with Crippen molar-refractivity contribution >= 4 is 12.6 Å².